The first-order chi connectivity index (χ1) is 15.9. The number of ether oxygens (including phenoxy) is 2. The molecule has 1 spiro atoms. The monoisotopic (exact) mass is 507 g/mol. The summed E-state index contributed by atoms with van der Waals surface area (Å²) in [5.41, 5.74) is 2.09. The van der Waals surface area contributed by atoms with Crippen LogP contribution in [0.5, 0.6) is 0 Å². The molecule has 34 heavy (non-hydrogen) atoms. The molecule has 0 amide bonds. The van der Waals surface area contributed by atoms with Crippen molar-refractivity contribution in [1.29, 1.82) is 0 Å². The fourth-order valence-corrected chi connectivity index (χ4v) is 4.64. The summed E-state index contributed by atoms with van der Waals surface area (Å²) in [7, 11) is -3.20. The van der Waals surface area contributed by atoms with E-state index in [9.17, 15) is 21.6 Å². The van der Waals surface area contributed by atoms with Crippen LogP contribution in [0.2, 0.25) is 0 Å². The third-order valence-corrected chi connectivity index (χ3v) is 6.35. The van der Waals surface area contributed by atoms with Gasteiger partial charge in [0.25, 0.3) is 0 Å². The van der Waals surface area contributed by atoms with E-state index in [0.29, 0.717) is 19.8 Å². The Hall–Kier alpha value is -2.19. The van der Waals surface area contributed by atoms with Crippen molar-refractivity contribution < 1.29 is 41.0 Å². The van der Waals surface area contributed by atoms with Crippen molar-refractivity contribution in [2.45, 2.75) is 37.3 Å². The van der Waals surface area contributed by atoms with Crippen LogP contribution in [0.3, 0.4) is 0 Å². The average Bonchev–Trinajstić information content (AvgIpc) is 3.32. The molecule has 0 saturated carbocycles. The van der Waals surface area contributed by atoms with Crippen LogP contribution in [0.1, 0.15) is 18.4 Å². The van der Waals surface area contributed by atoms with E-state index in [1.54, 1.807) is 0 Å². The zero-order chi connectivity index (χ0) is 25.0. The van der Waals surface area contributed by atoms with E-state index in [0.717, 1.165) is 38.0 Å². The Morgan fingerprint density at radius 2 is 2.09 bits per heavy atom. The van der Waals surface area contributed by atoms with Crippen LogP contribution in [-0.2, 0) is 30.8 Å². The third kappa shape index (κ3) is 7.40. The van der Waals surface area contributed by atoms with Crippen LogP contribution in [0.4, 0.5) is 13.2 Å². The fourth-order valence-electron chi connectivity index (χ4n) is 4.15. The van der Waals surface area contributed by atoms with Gasteiger partial charge in [0, 0.05) is 43.3 Å². The van der Waals surface area contributed by atoms with Gasteiger partial charge < -0.3 is 19.6 Å². The minimum atomic E-state index is -5.08. The second-order valence-corrected chi connectivity index (χ2v) is 10.3. The average molecular weight is 508 g/mol. The molecular formula is C21H28F3N3O6S. The molecule has 0 bridgehead atoms. The molecule has 2 aromatic rings. The Morgan fingerprint density at radius 3 is 2.76 bits per heavy atom. The molecule has 3 heterocycles. The van der Waals surface area contributed by atoms with Crippen molar-refractivity contribution in [3.63, 3.8) is 0 Å². The molecule has 3 N–H and O–H groups in total. The highest BCUT2D eigenvalue weighted by Crippen LogP contribution is 2.33. The Morgan fingerprint density at radius 1 is 1.35 bits per heavy atom. The lowest BCUT2D eigenvalue weighted by Crippen LogP contribution is -2.45. The first-order valence-electron chi connectivity index (χ1n) is 10.6. The van der Waals surface area contributed by atoms with Gasteiger partial charge in [0.15, 0.2) is 0 Å². The second-order valence-electron chi connectivity index (χ2n) is 8.50. The summed E-state index contributed by atoms with van der Waals surface area (Å²) >= 11 is 0. The number of nitrogens with zero attached hydrogens (tertiary/aromatic N) is 1. The molecule has 2 aliphatic rings. The Kier molecular flexibility index (Phi) is 8.24. The fraction of sp³-hybridized carbons (Fsp3) is 0.571. The van der Waals surface area contributed by atoms with Crippen molar-refractivity contribution in [3.05, 3.63) is 36.0 Å². The second kappa shape index (κ2) is 10.6. The van der Waals surface area contributed by atoms with Gasteiger partial charge in [-0.25, -0.2) is 17.9 Å². The Balaban J connectivity index is 0.000000406. The first-order valence-corrected chi connectivity index (χ1v) is 12.5. The van der Waals surface area contributed by atoms with E-state index >= 15 is 0 Å². The van der Waals surface area contributed by atoms with Gasteiger partial charge in [-0.3, -0.25) is 4.90 Å². The van der Waals surface area contributed by atoms with Crippen molar-refractivity contribution in [2.75, 3.05) is 39.1 Å². The molecule has 9 nitrogen and oxygen atoms in total. The number of sulfonamides is 1. The van der Waals surface area contributed by atoms with Crippen LogP contribution in [0.25, 0.3) is 10.9 Å². The molecule has 2 aliphatic heterocycles. The highest BCUT2D eigenvalue weighted by atomic mass is 32.2. The highest BCUT2D eigenvalue weighted by Gasteiger charge is 2.43. The van der Waals surface area contributed by atoms with Gasteiger partial charge >= 0.3 is 12.1 Å². The van der Waals surface area contributed by atoms with E-state index in [1.165, 1.54) is 17.2 Å². The number of hydrogen-bond acceptors (Lipinski definition) is 6. The van der Waals surface area contributed by atoms with Crippen molar-refractivity contribution >= 4 is 26.9 Å². The molecule has 0 aliphatic carbocycles. The van der Waals surface area contributed by atoms with Crippen LogP contribution in [0, 0.1) is 0 Å². The van der Waals surface area contributed by atoms with Crippen LogP contribution in [0.15, 0.2) is 30.5 Å². The minimum absolute atomic E-state index is 0.101. The third-order valence-electron chi connectivity index (χ3n) is 5.66. The number of nitrogens with one attached hydrogen (secondary N) is 2. The van der Waals surface area contributed by atoms with Gasteiger partial charge in [0.1, 0.15) is 5.60 Å². The highest BCUT2D eigenvalue weighted by molar-refractivity contribution is 7.88. The lowest BCUT2D eigenvalue weighted by molar-refractivity contribution is -0.192. The molecule has 190 valence electrons. The summed E-state index contributed by atoms with van der Waals surface area (Å²) in [6.45, 7) is 4.06. The largest absolute Gasteiger partial charge is 0.490 e. The van der Waals surface area contributed by atoms with Crippen molar-refractivity contribution in [2.24, 2.45) is 0 Å². The van der Waals surface area contributed by atoms with Gasteiger partial charge in [-0.1, -0.05) is 12.1 Å². The number of aliphatic carboxylic acids is 1. The van der Waals surface area contributed by atoms with Gasteiger partial charge in [-0.2, -0.15) is 13.2 Å². The topological polar surface area (TPSA) is 121 Å². The van der Waals surface area contributed by atoms with Crippen LogP contribution in [-0.4, -0.2) is 86.4 Å². The van der Waals surface area contributed by atoms with Gasteiger partial charge in [-0.15, -0.1) is 0 Å². The van der Waals surface area contributed by atoms with Crippen LogP contribution >= 0.6 is 0 Å². The molecule has 2 saturated heterocycles. The number of carboxylic acid groups (broad SMARTS) is 1. The maximum Gasteiger partial charge on any atom is 0.490 e. The molecule has 1 aromatic heterocycles. The number of alkyl halides is 3. The number of benzene rings is 1. The smallest absolute Gasteiger partial charge is 0.475 e. The number of halogens is 3. The molecule has 4 rings (SSSR count). The lowest BCUT2D eigenvalue weighted by atomic mass is 9.99. The molecule has 0 radical (unpaired) electrons. The summed E-state index contributed by atoms with van der Waals surface area (Å²) in [6.07, 6.45) is -0.311. The molecule has 2 fully saturated rings. The number of aromatic nitrogens is 1. The van der Waals surface area contributed by atoms with E-state index in [1.807, 2.05) is 6.20 Å². The van der Waals surface area contributed by atoms with E-state index < -0.39 is 22.2 Å². The first kappa shape index (κ1) is 26.4. The van der Waals surface area contributed by atoms with E-state index in [-0.39, 0.29) is 11.7 Å². The number of carbonyl (C=O) groups is 1. The predicted octanol–water partition coefficient (Wildman–Crippen LogP) is 2.10. The minimum Gasteiger partial charge on any atom is -0.475 e. The summed E-state index contributed by atoms with van der Waals surface area (Å²) in [6, 6.07) is 8.46. The predicted molar refractivity (Wildman–Crippen MR) is 118 cm³/mol. The summed E-state index contributed by atoms with van der Waals surface area (Å²) in [5.74, 6) is -2.76. The summed E-state index contributed by atoms with van der Waals surface area (Å²) in [4.78, 5) is 14.6. The maximum absolute atomic E-state index is 11.3. The number of H-pyrrole nitrogens is 1. The van der Waals surface area contributed by atoms with Crippen molar-refractivity contribution in [1.82, 2.24) is 14.6 Å². The normalized spacial score (nSPS) is 24.1. The van der Waals surface area contributed by atoms with Gasteiger partial charge in [0.05, 0.1) is 25.6 Å². The molecular weight excluding hydrogens is 479 g/mol. The van der Waals surface area contributed by atoms with Crippen LogP contribution < -0.4 is 4.72 Å². The Bertz CT molecular complexity index is 1090. The Labute approximate surface area is 195 Å². The maximum atomic E-state index is 11.3. The molecule has 1 aromatic carbocycles. The standard InChI is InChI=1S/C19H27N3O4S.C2HF3O2/c1-27(23,24)21-11-16-5-7-19(26-16)13-22(9-10-25-14-19)12-15-3-2-4-18-17(15)6-8-20-18;3-2(4,5)1(6)7/h2-4,6,8,16,20-21H,5,7,9-14H2,1H3;(H,6,7). The number of hydrogen-bond donors (Lipinski definition) is 3. The van der Waals surface area contributed by atoms with E-state index in [4.69, 9.17) is 19.4 Å². The molecule has 2 unspecified atom stereocenters. The molecule has 2 atom stereocenters. The zero-order valence-corrected chi connectivity index (χ0v) is 19.4. The number of rotatable bonds is 5. The van der Waals surface area contributed by atoms with Crippen molar-refractivity contribution in [3.8, 4) is 0 Å². The van der Waals surface area contributed by atoms with E-state index in [2.05, 4.69) is 38.9 Å². The van der Waals surface area contributed by atoms with Gasteiger partial charge in [-0.05, 0) is 30.5 Å². The number of carboxylic acids is 1. The summed E-state index contributed by atoms with van der Waals surface area (Å²) in [5, 5.41) is 8.37. The molecule has 13 heteroatoms. The zero-order valence-electron chi connectivity index (χ0n) is 18.6. The number of fused-ring (bicyclic) bond motifs is 1. The SMILES string of the molecule is CS(=O)(=O)NCC1CCC2(COCCN(Cc3cccc4[nH]ccc34)C2)O1.O=C(O)C(F)(F)F. The quantitative estimate of drug-likeness (QED) is 0.567. The van der Waals surface area contributed by atoms with Gasteiger partial charge in [0.2, 0.25) is 10.0 Å². The summed E-state index contributed by atoms with van der Waals surface area (Å²) < 4.78 is 69.2. The lowest BCUT2D eigenvalue weighted by Gasteiger charge is -2.32. The number of aromatic amines is 1.